The Labute approximate surface area is 164 Å². The summed E-state index contributed by atoms with van der Waals surface area (Å²) >= 11 is -2.03. The van der Waals surface area contributed by atoms with E-state index in [2.05, 4.69) is 89.2 Å². The molecular formula is C25H27Hf. The molecule has 2 aromatic carbocycles. The fourth-order valence-corrected chi connectivity index (χ4v) is 16.1. The van der Waals surface area contributed by atoms with Crippen LogP contribution in [0.15, 0.2) is 69.1 Å². The van der Waals surface area contributed by atoms with Crippen molar-refractivity contribution in [3.63, 3.8) is 0 Å². The van der Waals surface area contributed by atoms with Crippen LogP contribution >= 0.6 is 0 Å². The van der Waals surface area contributed by atoms with Crippen molar-refractivity contribution >= 4 is 6.51 Å². The van der Waals surface area contributed by atoms with Crippen LogP contribution in [0, 0.1) is 0 Å². The molecular weight excluding hydrogens is 479 g/mol. The zero-order valence-corrected chi connectivity index (χ0v) is 20.1. The molecule has 0 aliphatic heterocycles. The van der Waals surface area contributed by atoms with Crippen LogP contribution in [0.5, 0.6) is 0 Å². The van der Waals surface area contributed by atoms with Gasteiger partial charge in [0.15, 0.2) is 0 Å². The molecule has 2 aliphatic rings. The molecule has 0 bridgehead atoms. The van der Waals surface area contributed by atoms with Crippen LogP contribution in [0.1, 0.15) is 58.1 Å². The number of rotatable bonds is 2. The Bertz CT molecular complexity index is 984. The van der Waals surface area contributed by atoms with Gasteiger partial charge in [0, 0.05) is 0 Å². The molecule has 0 aromatic heterocycles. The summed E-state index contributed by atoms with van der Waals surface area (Å²) in [6.45, 7) is 11.9. The third kappa shape index (κ3) is 2.76. The number of hydrogen-bond acceptors (Lipinski definition) is 0. The molecule has 0 atom stereocenters. The van der Waals surface area contributed by atoms with E-state index in [1.165, 1.54) is 34.2 Å². The average Bonchev–Trinajstić information content (AvgIpc) is 3.13. The molecule has 26 heavy (non-hydrogen) atoms. The van der Waals surface area contributed by atoms with Crippen LogP contribution in [0.25, 0.3) is 11.1 Å². The van der Waals surface area contributed by atoms with Gasteiger partial charge in [0.1, 0.15) is 0 Å². The summed E-state index contributed by atoms with van der Waals surface area (Å²) in [5, 5.41) is 0. The summed E-state index contributed by atoms with van der Waals surface area (Å²) in [6.07, 6.45) is 3.67. The molecule has 0 spiro atoms. The van der Waals surface area contributed by atoms with Crippen LogP contribution in [-0.2, 0) is 20.5 Å². The molecule has 0 saturated heterocycles. The predicted molar refractivity (Wildman–Crippen MR) is 112 cm³/mol. The second kappa shape index (κ2) is 6.93. The maximum atomic E-state index is 2.49. The molecule has 0 N–H and O–H groups in total. The zero-order chi connectivity index (χ0) is 18.4. The van der Waals surface area contributed by atoms with Crippen molar-refractivity contribution < 1.29 is 20.5 Å². The van der Waals surface area contributed by atoms with E-state index in [1.807, 2.05) is 3.33 Å². The zero-order valence-electron chi connectivity index (χ0n) is 16.5. The van der Waals surface area contributed by atoms with Gasteiger partial charge in [0.2, 0.25) is 0 Å². The summed E-state index contributed by atoms with van der Waals surface area (Å²) in [5.74, 6) is 0.426. The van der Waals surface area contributed by atoms with Crippen molar-refractivity contribution in [3.05, 3.63) is 80.2 Å². The van der Waals surface area contributed by atoms with Crippen molar-refractivity contribution in [1.29, 1.82) is 0 Å². The van der Waals surface area contributed by atoms with E-state index in [0.717, 1.165) is 0 Å². The first-order chi connectivity index (χ1) is 12.5. The fraction of sp³-hybridized carbons (Fsp3) is 0.280. The Morgan fingerprint density at radius 1 is 0.808 bits per heavy atom. The van der Waals surface area contributed by atoms with Crippen molar-refractivity contribution in [2.75, 3.05) is 0 Å². The molecule has 0 nitrogen and oxygen atoms in total. The van der Waals surface area contributed by atoms with Gasteiger partial charge in [-0.05, 0) is 0 Å². The standard InChI is InChI=1S/C19H15.2C3H6.Hf/c1-13-7-6-12-14(13)19-17-10-4-2-8-15(17)16-9-3-5-11-18(16)19;2*1-3-2;/h2-5,7-11,19H,6H2,1H3;2*1-2H3;. The van der Waals surface area contributed by atoms with Gasteiger partial charge < -0.3 is 0 Å². The first kappa shape index (κ1) is 17.9. The van der Waals surface area contributed by atoms with Gasteiger partial charge in [0.25, 0.3) is 0 Å². The van der Waals surface area contributed by atoms with E-state index in [1.54, 1.807) is 12.1 Å². The average molecular weight is 506 g/mol. The molecule has 0 unspecified atom stereocenters. The second-order valence-electron chi connectivity index (χ2n) is 7.97. The molecule has 0 heterocycles. The molecule has 2 aliphatic carbocycles. The summed E-state index contributed by atoms with van der Waals surface area (Å²) < 4.78 is 5.25. The topological polar surface area (TPSA) is 0 Å². The summed E-state index contributed by atoms with van der Waals surface area (Å²) in [4.78, 5) is 0. The first-order valence-electron chi connectivity index (χ1n) is 9.57. The van der Waals surface area contributed by atoms with E-state index in [-0.39, 0.29) is 0 Å². The van der Waals surface area contributed by atoms with Gasteiger partial charge in [-0.15, -0.1) is 0 Å². The van der Waals surface area contributed by atoms with E-state index in [4.69, 9.17) is 0 Å². The fourth-order valence-electron chi connectivity index (χ4n) is 4.92. The monoisotopic (exact) mass is 507 g/mol. The quantitative estimate of drug-likeness (QED) is 0.412. The summed E-state index contributed by atoms with van der Waals surface area (Å²) in [6, 6.07) is 18.1. The van der Waals surface area contributed by atoms with Crippen LogP contribution < -0.4 is 0 Å². The van der Waals surface area contributed by atoms with E-state index >= 15 is 0 Å². The molecule has 4 rings (SSSR count). The van der Waals surface area contributed by atoms with Crippen molar-refractivity contribution in [2.24, 2.45) is 0 Å². The first-order valence-corrected chi connectivity index (χ1v) is 15.0. The molecule has 0 fully saturated rings. The third-order valence-electron chi connectivity index (χ3n) is 5.79. The Hall–Kier alpha value is -1.47. The predicted octanol–water partition coefficient (Wildman–Crippen LogP) is 6.45. The Morgan fingerprint density at radius 2 is 1.31 bits per heavy atom. The van der Waals surface area contributed by atoms with Gasteiger partial charge in [-0.3, -0.25) is 0 Å². The SMILES string of the molecule is CC1=CC[C]([Hf](=[C](C)C)=[C](C)C)=C1C1c2ccccc2-c2ccccc21. The number of benzene rings is 2. The normalized spacial score (nSPS) is 15.7. The van der Waals surface area contributed by atoms with Gasteiger partial charge >= 0.3 is 165 Å². The number of hydrogen-bond donors (Lipinski definition) is 0. The van der Waals surface area contributed by atoms with Crippen molar-refractivity contribution in [1.82, 2.24) is 0 Å². The summed E-state index contributed by atoms with van der Waals surface area (Å²) in [5.41, 5.74) is 9.05. The van der Waals surface area contributed by atoms with Crippen LogP contribution in [0.3, 0.4) is 0 Å². The van der Waals surface area contributed by atoms with Gasteiger partial charge in [0.05, 0.1) is 0 Å². The maximum absolute atomic E-state index is 2.49. The minimum atomic E-state index is -2.03. The summed E-state index contributed by atoms with van der Waals surface area (Å²) in [7, 11) is 0. The van der Waals surface area contributed by atoms with E-state index in [0.29, 0.717) is 5.92 Å². The van der Waals surface area contributed by atoms with Crippen molar-refractivity contribution in [3.8, 4) is 11.1 Å². The Morgan fingerprint density at radius 3 is 1.81 bits per heavy atom. The van der Waals surface area contributed by atoms with Crippen LogP contribution in [-0.4, -0.2) is 6.51 Å². The minimum absolute atomic E-state index is 0.426. The van der Waals surface area contributed by atoms with Crippen LogP contribution in [0.2, 0.25) is 0 Å². The number of fused-ring (bicyclic) bond motifs is 3. The van der Waals surface area contributed by atoms with E-state index < -0.39 is 20.5 Å². The van der Waals surface area contributed by atoms with Gasteiger partial charge in [-0.1, -0.05) is 0 Å². The second-order valence-corrected chi connectivity index (χ2v) is 20.0. The molecule has 0 amide bonds. The van der Waals surface area contributed by atoms with E-state index in [9.17, 15) is 0 Å². The Balaban J connectivity index is 2.05. The van der Waals surface area contributed by atoms with Crippen molar-refractivity contribution in [2.45, 2.75) is 47.0 Å². The van der Waals surface area contributed by atoms with Gasteiger partial charge in [-0.25, -0.2) is 0 Å². The number of allylic oxidation sites excluding steroid dienone is 4. The molecule has 0 saturated carbocycles. The van der Waals surface area contributed by atoms with Gasteiger partial charge in [-0.2, -0.15) is 0 Å². The third-order valence-corrected chi connectivity index (χ3v) is 16.8. The Kier molecular flexibility index (Phi) is 4.77. The van der Waals surface area contributed by atoms with Crippen LogP contribution in [0.4, 0.5) is 0 Å². The molecule has 131 valence electrons. The molecule has 0 radical (unpaired) electrons. The molecule has 1 heteroatoms. The molecule has 2 aromatic rings.